The summed E-state index contributed by atoms with van der Waals surface area (Å²) in [5.41, 5.74) is 0. The van der Waals surface area contributed by atoms with E-state index < -0.39 is 81.8 Å². The molecule has 0 atom stereocenters. The van der Waals surface area contributed by atoms with Crippen LogP contribution in [0.2, 0.25) is 0 Å². The van der Waals surface area contributed by atoms with Gasteiger partial charge in [-0.1, -0.05) is 0 Å². The van der Waals surface area contributed by atoms with Crippen molar-refractivity contribution in [3.8, 4) is 0 Å². The van der Waals surface area contributed by atoms with Crippen molar-refractivity contribution >= 4 is 10.1 Å². The Bertz CT molecular complexity index is 953. The van der Waals surface area contributed by atoms with E-state index in [1.165, 1.54) is 0 Å². The minimum Gasteiger partial charge on any atom is -0.748 e. The van der Waals surface area contributed by atoms with Gasteiger partial charge in [0.1, 0.15) is 0 Å². The van der Waals surface area contributed by atoms with Crippen LogP contribution in [-0.4, -0.2) is 78.2 Å². The normalized spacial score (nSPS) is 16.4. The average molecular weight is 650 g/mol. The Balaban J connectivity index is 0. The Labute approximate surface area is 216 Å². The number of hydrogen-bond acceptors (Lipinski definition) is 3. The van der Waals surface area contributed by atoms with E-state index in [0.29, 0.717) is 0 Å². The summed E-state index contributed by atoms with van der Waals surface area (Å²) in [4.78, 5) is 0. The van der Waals surface area contributed by atoms with Gasteiger partial charge in [0.25, 0.3) is 0 Å². The zero-order valence-electron chi connectivity index (χ0n) is 17.0. The fraction of sp³-hybridized carbons (Fsp3) is 1.00. The quantitative estimate of drug-likeness (QED) is 0.196. The van der Waals surface area contributed by atoms with Crippen LogP contribution in [0.25, 0.3) is 0 Å². The molecule has 0 aliphatic heterocycles. The zero-order valence-corrected chi connectivity index (χ0v) is 19.8. The fourth-order valence-corrected chi connectivity index (χ4v) is 2.51. The molecular formula is C12H4F21NaO3S. The summed E-state index contributed by atoms with van der Waals surface area (Å²) in [6.07, 6.45) is -11.5. The van der Waals surface area contributed by atoms with Gasteiger partial charge in [0, 0.05) is 12.2 Å². The maximum Gasteiger partial charge on any atom is 1.00 e. The van der Waals surface area contributed by atoms with Gasteiger partial charge in [-0.25, -0.2) is 8.42 Å². The van der Waals surface area contributed by atoms with Gasteiger partial charge in [-0.15, -0.1) is 0 Å². The molecule has 0 aromatic heterocycles. The van der Waals surface area contributed by atoms with Gasteiger partial charge < -0.3 is 4.55 Å². The maximum absolute atomic E-state index is 13.5. The van der Waals surface area contributed by atoms with E-state index in [9.17, 15) is 105 Å². The van der Waals surface area contributed by atoms with Crippen molar-refractivity contribution in [2.75, 3.05) is 5.75 Å². The molecule has 0 aliphatic rings. The SMILES string of the molecule is O=S(=O)([O-])CCC(F)(F)C(F)(F)C(F)(F)C(F)(F)C(F)(F)C(F)(F)C(F)(F)C(F)(F)C(F)(F)C(F)(F)F.[Na+]. The van der Waals surface area contributed by atoms with Crippen LogP contribution in [-0.2, 0) is 10.1 Å². The van der Waals surface area contributed by atoms with Gasteiger partial charge in [0.2, 0.25) is 0 Å². The van der Waals surface area contributed by atoms with E-state index in [1.54, 1.807) is 0 Å². The van der Waals surface area contributed by atoms with Crippen LogP contribution < -0.4 is 29.6 Å². The minimum atomic E-state index is -9.28. The fourth-order valence-electron chi connectivity index (χ4n) is 2.00. The first kappa shape index (κ1) is 39.6. The van der Waals surface area contributed by atoms with E-state index >= 15 is 0 Å². The second kappa shape index (κ2) is 10.1. The Morgan fingerprint density at radius 2 is 0.632 bits per heavy atom. The molecule has 0 aliphatic carbocycles. The minimum absolute atomic E-state index is 0. The predicted molar refractivity (Wildman–Crippen MR) is 69.8 cm³/mol. The first-order valence-corrected chi connectivity index (χ1v) is 9.44. The van der Waals surface area contributed by atoms with Crippen molar-refractivity contribution in [3.05, 3.63) is 0 Å². The summed E-state index contributed by atoms with van der Waals surface area (Å²) in [6.45, 7) is 0. The topological polar surface area (TPSA) is 57.2 Å². The molecule has 0 spiro atoms. The summed E-state index contributed by atoms with van der Waals surface area (Å²) < 4.78 is 304. The standard InChI is InChI=1S/C12H5F21O3S.Na/c13-3(14,1-2-37(34,35)36)4(15,16)5(17,18)6(19,20)7(21,22)8(23,24)9(25,26)10(27,28)11(29,30)12(31,32)33;/h1-2H2,(H,34,35,36);/q;+1/p-1. The van der Waals surface area contributed by atoms with Gasteiger partial charge in [0.15, 0.2) is 0 Å². The number of alkyl halides is 21. The van der Waals surface area contributed by atoms with Crippen LogP contribution in [0.4, 0.5) is 92.2 Å². The molecule has 38 heavy (non-hydrogen) atoms. The van der Waals surface area contributed by atoms with Gasteiger partial charge in [-0.05, 0) is 0 Å². The van der Waals surface area contributed by atoms with E-state index in [2.05, 4.69) is 0 Å². The van der Waals surface area contributed by atoms with Crippen molar-refractivity contribution in [1.29, 1.82) is 0 Å². The first-order chi connectivity index (χ1) is 15.5. The smallest absolute Gasteiger partial charge is 0.748 e. The van der Waals surface area contributed by atoms with E-state index in [1.807, 2.05) is 0 Å². The maximum atomic E-state index is 13.5. The van der Waals surface area contributed by atoms with Crippen molar-refractivity contribution in [2.24, 2.45) is 0 Å². The van der Waals surface area contributed by atoms with Crippen LogP contribution in [0, 0.1) is 0 Å². The average Bonchev–Trinajstić information content (AvgIpc) is 2.63. The molecule has 224 valence electrons. The summed E-state index contributed by atoms with van der Waals surface area (Å²) in [5.74, 6) is -81.4. The summed E-state index contributed by atoms with van der Waals surface area (Å²) in [6, 6.07) is 0. The Hall–Kier alpha value is -0.560. The third-order valence-electron chi connectivity index (χ3n) is 4.24. The largest absolute Gasteiger partial charge is 1.00 e. The van der Waals surface area contributed by atoms with Gasteiger partial charge in [-0.2, -0.15) is 92.2 Å². The Kier molecular flexibility index (Phi) is 10.5. The molecule has 0 saturated heterocycles. The second-order valence-electron chi connectivity index (χ2n) is 6.81. The molecule has 0 unspecified atom stereocenters. The molecule has 0 aromatic rings. The Morgan fingerprint density at radius 1 is 0.421 bits per heavy atom. The summed E-state index contributed by atoms with van der Waals surface area (Å²) in [5, 5.41) is 0. The molecule has 0 amide bonds. The van der Waals surface area contributed by atoms with Crippen molar-refractivity contribution in [1.82, 2.24) is 0 Å². The first-order valence-electron chi connectivity index (χ1n) is 7.86. The van der Waals surface area contributed by atoms with Crippen LogP contribution >= 0.6 is 0 Å². The number of hydrogen-bond donors (Lipinski definition) is 0. The molecule has 0 aromatic carbocycles. The molecule has 3 nitrogen and oxygen atoms in total. The van der Waals surface area contributed by atoms with Gasteiger partial charge in [0.05, 0.1) is 10.1 Å². The van der Waals surface area contributed by atoms with Crippen LogP contribution in [0.5, 0.6) is 0 Å². The van der Waals surface area contributed by atoms with Crippen molar-refractivity contribution in [3.63, 3.8) is 0 Å². The Morgan fingerprint density at radius 3 is 0.842 bits per heavy atom. The van der Waals surface area contributed by atoms with E-state index in [-0.39, 0.29) is 29.6 Å². The van der Waals surface area contributed by atoms with Crippen molar-refractivity contribution < 1.29 is 135 Å². The predicted octanol–water partition coefficient (Wildman–Crippen LogP) is 3.21. The van der Waals surface area contributed by atoms with Crippen LogP contribution in [0.15, 0.2) is 0 Å². The van der Waals surface area contributed by atoms with E-state index in [4.69, 9.17) is 0 Å². The molecule has 0 saturated carbocycles. The molecule has 0 bridgehead atoms. The molecule has 0 rings (SSSR count). The van der Waals surface area contributed by atoms with Gasteiger partial charge in [-0.3, -0.25) is 0 Å². The molecule has 26 heteroatoms. The van der Waals surface area contributed by atoms with Gasteiger partial charge >= 0.3 is 89.0 Å². The molecule has 0 heterocycles. The van der Waals surface area contributed by atoms with Crippen LogP contribution in [0.1, 0.15) is 6.42 Å². The summed E-state index contributed by atoms with van der Waals surface area (Å²) in [7, 11) is -6.12. The van der Waals surface area contributed by atoms with Crippen LogP contribution in [0.3, 0.4) is 0 Å². The molecule has 0 fully saturated rings. The third-order valence-corrected chi connectivity index (χ3v) is 4.95. The second-order valence-corrected chi connectivity index (χ2v) is 8.33. The third kappa shape index (κ3) is 5.50. The summed E-state index contributed by atoms with van der Waals surface area (Å²) >= 11 is 0. The molecule has 0 radical (unpaired) electrons. The molecular weight excluding hydrogens is 646 g/mol. The van der Waals surface area contributed by atoms with Crippen molar-refractivity contribution in [2.45, 2.75) is 65.9 Å². The number of rotatable bonds is 11. The zero-order chi connectivity index (χ0) is 30.9. The monoisotopic (exact) mass is 650 g/mol. The number of halogens is 21. The van der Waals surface area contributed by atoms with E-state index in [0.717, 1.165) is 0 Å². The molecule has 0 N–H and O–H groups in total.